The number of phenols is 1. The molecule has 0 radical (unpaired) electrons. The van der Waals surface area contributed by atoms with Crippen LogP contribution in [0.1, 0.15) is 22.3 Å². The summed E-state index contributed by atoms with van der Waals surface area (Å²) in [7, 11) is 2.76. The third kappa shape index (κ3) is 5.00. The van der Waals surface area contributed by atoms with Gasteiger partial charge in [0.2, 0.25) is 0 Å². The molecule has 35 heavy (non-hydrogen) atoms. The highest BCUT2D eigenvalue weighted by Gasteiger charge is 2.16. The van der Waals surface area contributed by atoms with Gasteiger partial charge in [-0.3, -0.25) is 23.2 Å². The Balaban J connectivity index is 1.64. The zero-order chi connectivity index (χ0) is 25.1. The van der Waals surface area contributed by atoms with Crippen molar-refractivity contribution in [2.45, 2.75) is 6.42 Å². The number of carbonyl (C=O) groups excluding carboxylic acids is 1. The van der Waals surface area contributed by atoms with Gasteiger partial charge in [-0.15, -0.1) is 0 Å². The van der Waals surface area contributed by atoms with Crippen LogP contribution in [-0.4, -0.2) is 52.9 Å². The molecule has 0 unspecified atom stereocenters. The first kappa shape index (κ1) is 24.3. The van der Waals surface area contributed by atoms with Gasteiger partial charge in [-0.1, -0.05) is 23.5 Å². The van der Waals surface area contributed by atoms with Crippen LogP contribution in [0.2, 0.25) is 0 Å². The molecule has 4 rings (SSSR count). The molecule has 2 aromatic heterocycles. The lowest BCUT2D eigenvalue weighted by Gasteiger charge is -2.16. The van der Waals surface area contributed by atoms with E-state index in [0.717, 1.165) is 22.5 Å². The number of hydrogen-bond acceptors (Lipinski definition) is 7. The average Bonchev–Trinajstić information content (AvgIpc) is 3.40. The third-order valence-electron chi connectivity index (χ3n) is 5.13. The van der Waals surface area contributed by atoms with Gasteiger partial charge in [-0.25, -0.2) is 14.4 Å². The highest BCUT2D eigenvalue weighted by Crippen LogP contribution is 2.30. The summed E-state index contributed by atoms with van der Waals surface area (Å²) in [4.78, 5) is 35.6. The van der Waals surface area contributed by atoms with Gasteiger partial charge < -0.3 is 9.84 Å². The molecule has 1 N–H and O–H groups in total. The van der Waals surface area contributed by atoms with Gasteiger partial charge in [0.25, 0.3) is 11.5 Å². The Labute approximate surface area is 202 Å². The van der Waals surface area contributed by atoms with E-state index in [-0.39, 0.29) is 24.3 Å². The molecule has 8 nitrogen and oxygen atoms in total. The number of ether oxygens (including phenoxy) is 1. The summed E-state index contributed by atoms with van der Waals surface area (Å²) in [6.45, 7) is -0.443. The van der Waals surface area contributed by atoms with Crippen LogP contribution in [0.25, 0.3) is 22.3 Å². The summed E-state index contributed by atoms with van der Waals surface area (Å²) in [5.74, 6) is -1.90. The third-order valence-corrected chi connectivity index (χ3v) is 6.11. The van der Waals surface area contributed by atoms with E-state index in [1.54, 1.807) is 30.5 Å². The molecular weight excluding hydrogens is 480 g/mol. The number of thiazole rings is 1. The number of imidazole rings is 1. The number of rotatable bonds is 8. The van der Waals surface area contributed by atoms with Crippen LogP contribution in [-0.2, 0) is 4.84 Å². The molecule has 11 heteroatoms. The molecule has 0 saturated carbocycles. The van der Waals surface area contributed by atoms with Crippen molar-refractivity contribution in [2.24, 2.45) is 0 Å². The van der Waals surface area contributed by atoms with Gasteiger partial charge in [0.05, 0.1) is 30.6 Å². The summed E-state index contributed by atoms with van der Waals surface area (Å²) in [5, 5.41) is 10.7. The largest absolute Gasteiger partial charge is 0.502 e. The Hall–Kier alpha value is -3.83. The molecule has 1 amide bonds. The van der Waals surface area contributed by atoms with Crippen LogP contribution in [0.5, 0.6) is 11.5 Å². The van der Waals surface area contributed by atoms with Gasteiger partial charge in [-0.2, -0.15) is 0 Å². The van der Waals surface area contributed by atoms with Crippen molar-refractivity contribution in [2.75, 3.05) is 27.4 Å². The quantitative estimate of drug-likeness (QED) is 0.295. The number of carbonyl (C=O) groups is 1. The van der Waals surface area contributed by atoms with Crippen molar-refractivity contribution in [3.05, 3.63) is 74.4 Å². The molecule has 0 aliphatic rings. The Kier molecular flexibility index (Phi) is 7.08. The number of aromatic nitrogens is 2. The van der Waals surface area contributed by atoms with Crippen molar-refractivity contribution in [1.82, 2.24) is 14.4 Å². The summed E-state index contributed by atoms with van der Waals surface area (Å²) in [6, 6.07) is 9.23. The number of aromatic hydroxyl groups is 1. The molecular formula is C24H21F2N3O5S. The second kappa shape index (κ2) is 10.2. The Bertz CT molecular complexity index is 1500. The molecule has 0 bridgehead atoms. The predicted molar refractivity (Wildman–Crippen MR) is 127 cm³/mol. The standard InChI is InChI=1S/C24H21F2N3O5S/c1-28(34-8-4-7-25)22(31)16-6-3-5-15(12-16)18-13-29-23(32)20(35-24(29)27-18)11-14-9-17(26)21(30)19(10-14)33-2/h3,5-6,9-13,30H,4,7-8H2,1-2H3/b20-11-. The van der Waals surface area contributed by atoms with E-state index in [1.165, 1.54) is 30.7 Å². The van der Waals surface area contributed by atoms with Crippen molar-refractivity contribution < 1.29 is 28.3 Å². The number of amides is 1. The number of hydroxylamine groups is 2. The maximum Gasteiger partial charge on any atom is 0.277 e. The summed E-state index contributed by atoms with van der Waals surface area (Å²) in [6.07, 6.45) is 3.24. The number of methoxy groups -OCH3 is 1. The molecule has 0 saturated heterocycles. The average molecular weight is 502 g/mol. The maximum absolute atomic E-state index is 13.9. The molecule has 0 spiro atoms. The minimum Gasteiger partial charge on any atom is -0.502 e. The van der Waals surface area contributed by atoms with E-state index in [0.29, 0.717) is 31.9 Å². The number of nitrogens with zero attached hydrogens (tertiary/aromatic N) is 3. The summed E-state index contributed by atoms with van der Waals surface area (Å²) < 4.78 is 32.8. The number of hydrogen-bond donors (Lipinski definition) is 1. The minimum atomic E-state index is -0.862. The molecule has 0 atom stereocenters. The van der Waals surface area contributed by atoms with Crippen LogP contribution >= 0.6 is 11.3 Å². The molecule has 2 heterocycles. The SMILES string of the molecule is COc1cc(/C=c2\sc3nc(-c4cccc(C(=O)N(C)OCCCF)c4)cn3c2=O)cc(F)c1O. The van der Waals surface area contributed by atoms with Crippen molar-refractivity contribution in [1.29, 1.82) is 0 Å². The fourth-order valence-corrected chi connectivity index (χ4v) is 4.32. The van der Waals surface area contributed by atoms with Crippen LogP contribution in [0.15, 0.2) is 47.4 Å². The molecule has 2 aromatic carbocycles. The van der Waals surface area contributed by atoms with E-state index in [1.807, 2.05) is 0 Å². The number of phenolic OH excluding ortho intramolecular Hbond substituents is 1. The Morgan fingerprint density at radius 3 is 2.83 bits per heavy atom. The van der Waals surface area contributed by atoms with Gasteiger partial charge in [0.1, 0.15) is 0 Å². The normalized spacial score (nSPS) is 11.8. The van der Waals surface area contributed by atoms with Crippen molar-refractivity contribution in [3.8, 4) is 22.8 Å². The molecule has 0 aliphatic heterocycles. The number of alkyl halides is 1. The van der Waals surface area contributed by atoms with Crippen molar-refractivity contribution in [3.63, 3.8) is 0 Å². The van der Waals surface area contributed by atoms with E-state index < -0.39 is 24.1 Å². The predicted octanol–water partition coefficient (Wildman–Crippen LogP) is 3.19. The van der Waals surface area contributed by atoms with Gasteiger partial charge in [0, 0.05) is 30.8 Å². The molecule has 0 fully saturated rings. The molecule has 0 aliphatic carbocycles. The second-order valence-corrected chi connectivity index (χ2v) is 8.52. The fourth-order valence-electron chi connectivity index (χ4n) is 3.36. The van der Waals surface area contributed by atoms with Crippen molar-refractivity contribution >= 4 is 28.3 Å². The minimum absolute atomic E-state index is 0.0415. The first-order chi connectivity index (χ1) is 16.8. The van der Waals surface area contributed by atoms with Gasteiger partial charge >= 0.3 is 0 Å². The van der Waals surface area contributed by atoms with Crippen LogP contribution in [0, 0.1) is 5.82 Å². The molecule has 4 aromatic rings. The number of benzene rings is 2. The fraction of sp³-hybridized carbons (Fsp3) is 0.208. The maximum atomic E-state index is 13.9. The van der Waals surface area contributed by atoms with Crippen LogP contribution in [0.3, 0.4) is 0 Å². The van der Waals surface area contributed by atoms with E-state index in [9.17, 15) is 23.5 Å². The first-order valence-corrected chi connectivity index (χ1v) is 11.3. The highest BCUT2D eigenvalue weighted by molar-refractivity contribution is 7.15. The van der Waals surface area contributed by atoms with E-state index >= 15 is 0 Å². The zero-order valence-corrected chi connectivity index (χ0v) is 19.6. The van der Waals surface area contributed by atoms with E-state index in [4.69, 9.17) is 9.57 Å². The summed E-state index contributed by atoms with van der Waals surface area (Å²) in [5.41, 5.74) is 1.47. The topological polar surface area (TPSA) is 93.4 Å². The molecule has 182 valence electrons. The number of halogens is 2. The summed E-state index contributed by atoms with van der Waals surface area (Å²) >= 11 is 1.12. The van der Waals surface area contributed by atoms with Crippen LogP contribution < -0.4 is 14.8 Å². The number of fused-ring (bicyclic) bond motifs is 1. The first-order valence-electron chi connectivity index (χ1n) is 10.5. The Morgan fingerprint density at radius 1 is 1.31 bits per heavy atom. The van der Waals surface area contributed by atoms with E-state index in [2.05, 4.69) is 4.98 Å². The van der Waals surface area contributed by atoms with Gasteiger partial charge in [0.15, 0.2) is 22.3 Å². The zero-order valence-electron chi connectivity index (χ0n) is 18.8. The second-order valence-electron chi connectivity index (χ2n) is 7.51. The highest BCUT2D eigenvalue weighted by atomic mass is 32.1. The lowest BCUT2D eigenvalue weighted by molar-refractivity contribution is -0.107. The van der Waals surface area contributed by atoms with Crippen LogP contribution in [0.4, 0.5) is 8.78 Å². The lowest BCUT2D eigenvalue weighted by Crippen LogP contribution is -2.27. The van der Waals surface area contributed by atoms with Gasteiger partial charge in [-0.05, 0) is 35.9 Å². The smallest absolute Gasteiger partial charge is 0.277 e. The Morgan fingerprint density at radius 2 is 2.11 bits per heavy atom. The monoisotopic (exact) mass is 501 g/mol. The lowest BCUT2D eigenvalue weighted by atomic mass is 10.1.